The van der Waals surface area contributed by atoms with Crippen molar-refractivity contribution in [2.24, 2.45) is 0 Å². The quantitative estimate of drug-likeness (QED) is 0.625. The van der Waals surface area contributed by atoms with Crippen molar-refractivity contribution in [3.63, 3.8) is 0 Å². The molecule has 13 heavy (non-hydrogen) atoms. The highest BCUT2D eigenvalue weighted by molar-refractivity contribution is 5.20. The first kappa shape index (κ1) is 10.1. The molecule has 0 bridgehead atoms. The third-order valence-electron chi connectivity index (χ3n) is 1.50. The fraction of sp³-hybridized carbons (Fsp3) is 0.364. The van der Waals surface area contributed by atoms with Crippen molar-refractivity contribution in [3.05, 3.63) is 36.9 Å². The number of benzene rings is 1. The highest BCUT2D eigenvalue weighted by Gasteiger charge is 1.90. The molecule has 71 valence electrons. The molecule has 1 aromatic rings. The summed E-state index contributed by atoms with van der Waals surface area (Å²) in [6, 6.07) is 9.74. The standard InChI is InChI=1S/C11H15O2/c1-2-8-12-9-10-13-11-6-4-3-5-7-11/h3-8H,2,9-10H2,1H3. The summed E-state index contributed by atoms with van der Waals surface area (Å²) >= 11 is 0. The van der Waals surface area contributed by atoms with Crippen molar-refractivity contribution in [2.75, 3.05) is 13.2 Å². The first-order valence-electron chi connectivity index (χ1n) is 4.54. The molecule has 1 aromatic carbocycles. The maximum atomic E-state index is 5.41. The molecule has 0 saturated heterocycles. The predicted molar refractivity (Wildman–Crippen MR) is 52.5 cm³/mol. The molecule has 0 amide bonds. The van der Waals surface area contributed by atoms with Gasteiger partial charge in [-0.05, 0) is 18.6 Å². The smallest absolute Gasteiger partial charge is 0.119 e. The SMILES string of the molecule is CC[CH]OCCOc1ccccc1. The van der Waals surface area contributed by atoms with Gasteiger partial charge < -0.3 is 9.47 Å². The summed E-state index contributed by atoms with van der Waals surface area (Å²) < 4.78 is 10.6. The Kier molecular flexibility index (Phi) is 5.02. The second-order valence-electron chi connectivity index (χ2n) is 2.61. The van der Waals surface area contributed by atoms with E-state index in [1.165, 1.54) is 0 Å². The zero-order valence-electron chi connectivity index (χ0n) is 7.90. The molecule has 0 aliphatic carbocycles. The van der Waals surface area contributed by atoms with Gasteiger partial charge in [0, 0.05) is 0 Å². The molecule has 0 aliphatic heterocycles. The molecule has 2 nitrogen and oxygen atoms in total. The van der Waals surface area contributed by atoms with Gasteiger partial charge in [-0.1, -0.05) is 25.1 Å². The van der Waals surface area contributed by atoms with Crippen LogP contribution in [-0.4, -0.2) is 13.2 Å². The first-order chi connectivity index (χ1) is 6.43. The molecule has 0 heterocycles. The van der Waals surface area contributed by atoms with Crippen LogP contribution < -0.4 is 4.74 Å². The van der Waals surface area contributed by atoms with Crippen molar-refractivity contribution >= 4 is 0 Å². The van der Waals surface area contributed by atoms with Crippen LogP contribution in [-0.2, 0) is 4.74 Å². The number of para-hydroxylation sites is 1. The average Bonchev–Trinajstić information content (AvgIpc) is 2.19. The summed E-state index contributed by atoms with van der Waals surface area (Å²) in [5.74, 6) is 0.891. The lowest BCUT2D eigenvalue weighted by Crippen LogP contribution is -2.04. The minimum absolute atomic E-state index is 0.598. The molecule has 1 radical (unpaired) electrons. The van der Waals surface area contributed by atoms with Crippen molar-refractivity contribution < 1.29 is 9.47 Å². The fourth-order valence-electron chi connectivity index (χ4n) is 0.926. The van der Waals surface area contributed by atoms with Crippen LogP contribution in [0.2, 0.25) is 0 Å². The monoisotopic (exact) mass is 179 g/mol. The third kappa shape index (κ3) is 4.53. The molecule has 0 saturated carbocycles. The van der Waals surface area contributed by atoms with Gasteiger partial charge in [0.15, 0.2) is 0 Å². The minimum atomic E-state index is 0.598. The molecular formula is C11H15O2. The van der Waals surface area contributed by atoms with Crippen molar-refractivity contribution in [1.29, 1.82) is 0 Å². The zero-order chi connectivity index (χ0) is 9.36. The van der Waals surface area contributed by atoms with Crippen molar-refractivity contribution in [2.45, 2.75) is 13.3 Å². The maximum absolute atomic E-state index is 5.41. The number of rotatable bonds is 6. The highest BCUT2D eigenvalue weighted by atomic mass is 16.5. The Morgan fingerprint density at radius 3 is 2.62 bits per heavy atom. The van der Waals surface area contributed by atoms with E-state index in [4.69, 9.17) is 9.47 Å². The van der Waals surface area contributed by atoms with E-state index in [1.807, 2.05) is 37.3 Å². The normalized spacial score (nSPS) is 9.92. The van der Waals surface area contributed by atoms with Gasteiger partial charge in [0.25, 0.3) is 0 Å². The van der Waals surface area contributed by atoms with E-state index in [0.29, 0.717) is 13.2 Å². The second-order valence-corrected chi connectivity index (χ2v) is 2.61. The number of hydrogen-bond acceptors (Lipinski definition) is 2. The Labute approximate surface area is 79.5 Å². The fourth-order valence-corrected chi connectivity index (χ4v) is 0.926. The summed E-state index contributed by atoms with van der Waals surface area (Å²) in [5.41, 5.74) is 0. The highest BCUT2D eigenvalue weighted by Crippen LogP contribution is 2.07. The van der Waals surface area contributed by atoms with Gasteiger partial charge in [-0.15, -0.1) is 0 Å². The third-order valence-corrected chi connectivity index (χ3v) is 1.50. The summed E-state index contributed by atoms with van der Waals surface area (Å²) in [6.45, 7) is 5.04. The lowest BCUT2D eigenvalue weighted by molar-refractivity contribution is 0.144. The van der Waals surface area contributed by atoms with Gasteiger partial charge in [0.05, 0.1) is 13.2 Å². The van der Waals surface area contributed by atoms with Crippen LogP contribution in [0.4, 0.5) is 0 Å². The molecule has 1 rings (SSSR count). The van der Waals surface area contributed by atoms with E-state index < -0.39 is 0 Å². The van der Waals surface area contributed by atoms with Gasteiger partial charge in [-0.2, -0.15) is 0 Å². The summed E-state index contributed by atoms with van der Waals surface area (Å²) in [7, 11) is 0. The van der Waals surface area contributed by atoms with Crippen LogP contribution in [0.1, 0.15) is 13.3 Å². The lowest BCUT2D eigenvalue weighted by Gasteiger charge is -2.05. The Morgan fingerprint density at radius 1 is 1.15 bits per heavy atom. The Bertz CT molecular complexity index is 209. The van der Waals surface area contributed by atoms with Crippen LogP contribution in [0.5, 0.6) is 5.75 Å². The Morgan fingerprint density at radius 2 is 1.92 bits per heavy atom. The van der Waals surface area contributed by atoms with Crippen molar-refractivity contribution in [1.82, 2.24) is 0 Å². The van der Waals surface area contributed by atoms with Crippen molar-refractivity contribution in [3.8, 4) is 5.75 Å². The van der Waals surface area contributed by atoms with E-state index in [2.05, 4.69) is 0 Å². The maximum Gasteiger partial charge on any atom is 0.119 e. The van der Waals surface area contributed by atoms with Crippen LogP contribution in [0.25, 0.3) is 0 Å². The lowest BCUT2D eigenvalue weighted by atomic mass is 10.3. The predicted octanol–water partition coefficient (Wildman–Crippen LogP) is 2.65. The molecule has 0 atom stereocenters. The van der Waals surface area contributed by atoms with Gasteiger partial charge in [0.1, 0.15) is 12.4 Å². The number of hydrogen-bond donors (Lipinski definition) is 0. The van der Waals surface area contributed by atoms with Crippen LogP contribution >= 0.6 is 0 Å². The molecular weight excluding hydrogens is 164 g/mol. The summed E-state index contributed by atoms with van der Waals surface area (Å²) in [4.78, 5) is 0. The molecule has 0 aromatic heterocycles. The zero-order valence-corrected chi connectivity index (χ0v) is 7.90. The average molecular weight is 179 g/mol. The van der Waals surface area contributed by atoms with E-state index >= 15 is 0 Å². The van der Waals surface area contributed by atoms with Gasteiger partial charge in [-0.3, -0.25) is 0 Å². The van der Waals surface area contributed by atoms with Crippen LogP contribution in [0.3, 0.4) is 0 Å². The van der Waals surface area contributed by atoms with Gasteiger partial charge in [0.2, 0.25) is 0 Å². The molecule has 2 heteroatoms. The summed E-state index contributed by atoms with van der Waals surface area (Å²) in [6.07, 6.45) is 0.936. The van der Waals surface area contributed by atoms with Crippen LogP contribution in [0.15, 0.2) is 30.3 Å². The molecule has 0 unspecified atom stereocenters. The van der Waals surface area contributed by atoms with E-state index in [9.17, 15) is 0 Å². The minimum Gasteiger partial charge on any atom is -0.491 e. The Balaban J connectivity index is 2.07. The number of ether oxygens (including phenoxy) is 2. The van der Waals surface area contributed by atoms with Crippen LogP contribution in [0, 0.1) is 6.61 Å². The van der Waals surface area contributed by atoms with Gasteiger partial charge in [-0.25, -0.2) is 0 Å². The van der Waals surface area contributed by atoms with E-state index in [-0.39, 0.29) is 0 Å². The topological polar surface area (TPSA) is 18.5 Å². The molecule has 0 spiro atoms. The summed E-state index contributed by atoms with van der Waals surface area (Å²) in [5, 5.41) is 0. The Hall–Kier alpha value is -1.02. The molecule has 0 aliphatic rings. The molecule has 0 fully saturated rings. The van der Waals surface area contributed by atoms with E-state index in [1.54, 1.807) is 6.61 Å². The van der Waals surface area contributed by atoms with Gasteiger partial charge >= 0.3 is 0 Å². The van der Waals surface area contributed by atoms with E-state index in [0.717, 1.165) is 12.2 Å². The second kappa shape index (κ2) is 6.49. The largest absolute Gasteiger partial charge is 0.491 e. The first-order valence-corrected chi connectivity index (χ1v) is 4.54. The molecule has 0 N–H and O–H groups in total.